The van der Waals surface area contributed by atoms with Gasteiger partial charge in [0.2, 0.25) is 0 Å². The Morgan fingerprint density at radius 2 is 1.90 bits per heavy atom. The molecule has 20 heavy (non-hydrogen) atoms. The van der Waals surface area contributed by atoms with E-state index in [1.807, 2.05) is 54.6 Å². The van der Waals surface area contributed by atoms with Gasteiger partial charge in [-0.3, -0.25) is 0 Å². The Morgan fingerprint density at radius 3 is 2.60 bits per heavy atom. The summed E-state index contributed by atoms with van der Waals surface area (Å²) < 4.78 is 1.08. The molecule has 3 nitrogen and oxygen atoms in total. The zero-order valence-electron chi connectivity index (χ0n) is 10.6. The number of nitriles is 1. The third kappa shape index (κ3) is 2.40. The molecule has 2 aromatic carbocycles. The zero-order valence-corrected chi connectivity index (χ0v) is 11.4. The van der Waals surface area contributed by atoms with Gasteiger partial charge in [-0.2, -0.15) is 5.26 Å². The molecular formula is C16H11N3S. The highest BCUT2D eigenvalue weighted by Crippen LogP contribution is 2.27. The number of nitrogen functional groups attached to an aromatic ring is 1. The van der Waals surface area contributed by atoms with Gasteiger partial charge in [-0.25, -0.2) is 4.98 Å². The van der Waals surface area contributed by atoms with Crippen LogP contribution in [0, 0.1) is 11.3 Å². The van der Waals surface area contributed by atoms with E-state index in [4.69, 9.17) is 5.73 Å². The molecule has 0 radical (unpaired) electrons. The van der Waals surface area contributed by atoms with E-state index in [0.717, 1.165) is 20.8 Å². The van der Waals surface area contributed by atoms with Crippen LogP contribution in [-0.4, -0.2) is 4.98 Å². The van der Waals surface area contributed by atoms with Crippen LogP contribution in [0.2, 0.25) is 0 Å². The molecule has 0 saturated carbocycles. The number of hydrogen-bond donors (Lipinski definition) is 1. The SMILES string of the molecule is N#C/C(=C\c1ccc(N)cc1)c1nc2ccccc2s1. The van der Waals surface area contributed by atoms with Crippen molar-refractivity contribution >= 4 is 38.9 Å². The number of nitrogens with zero attached hydrogens (tertiary/aromatic N) is 2. The van der Waals surface area contributed by atoms with Gasteiger partial charge >= 0.3 is 0 Å². The maximum atomic E-state index is 9.34. The first-order valence-electron chi connectivity index (χ1n) is 6.09. The summed E-state index contributed by atoms with van der Waals surface area (Å²) >= 11 is 1.53. The normalized spacial score (nSPS) is 11.4. The third-order valence-electron chi connectivity index (χ3n) is 2.89. The predicted molar refractivity (Wildman–Crippen MR) is 84.0 cm³/mol. The largest absolute Gasteiger partial charge is 0.399 e. The number of thiazole rings is 1. The first-order valence-corrected chi connectivity index (χ1v) is 6.91. The van der Waals surface area contributed by atoms with Crippen LogP contribution in [0.4, 0.5) is 5.69 Å². The fourth-order valence-corrected chi connectivity index (χ4v) is 2.82. The lowest BCUT2D eigenvalue weighted by molar-refractivity contribution is 1.44. The van der Waals surface area contributed by atoms with E-state index in [1.165, 1.54) is 11.3 Å². The quantitative estimate of drug-likeness (QED) is 0.570. The minimum Gasteiger partial charge on any atom is -0.399 e. The van der Waals surface area contributed by atoms with Crippen LogP contribution in [0.1, 0.15) is 10.6 Å². The van der Waals surface area contributed by atoms with Crippen LogP contribution >= 0.6 is 11.3 Å². The molecule has 0 aliphatic rings. The molecule has 0 aliphatic heterocycles. The number of anilines is 1. The number of para-hydroxylation sites is 1. The topological polar surface area (TPSA) is 62.7 Å². The third-order valence-corrected chi connectivity index (χ3v) is 3.96. The van der Waals surface area contributed by atoms with Crippen LogP contribution in [-0.2, 0) is 0 Å². The molecule has 1 aromatic heterocycles. The molecule has 0 spiro atoms. The van der Waals surface area contributed by atoms with Crippen molar-refractivity contribution in [2.75, 3.05) is 5.73 Å². The van der Waals surface area contributed by atoms with Crippen molar-refractivity contribution in [3.63, 3.8) is 0 Å². The highest BCUT2D eigenvalue weighted by Gasteiger charge is 2.08. The number of aromatic nitrogens is 1. The number of benzene rings is 2. The van der Waals surface area contributed by atoms with Crippen molar-refractivity contribution in [2.24, 2.45) is 0 Å². The standard InChI is InChI=1S/C16H11N3S/c17-10-12(9-11-5-7-13(18)8-6-11)16-19-14-3-1-2-4-15(14)20-16/h1-9H,18H2/b12-9+. The average molecular weight is 277 g/mol. The molecule has 3 rings (SSSR count). The lowest BCUT2D eigenvalue weighted by Gasteiger charge is -1.96. The molecule has 1 heterocycles. The average Bonchev–Trinajstić information content (AvgIpc) is 2.90. The van der Waals surface area contributed by atoms with Crippen molar-refractivity contribution in [2.45, 2.75) is 0 Å². The smallest absolute Gasteiger partial charge is 0.135 e. The highest BCUT2D eigenvalue weighted by atomic mass is 32.1. The fraction of sp³-hybridized carbons (Fsp3) is 0. The van der Waals surface area contributed by atoms with Gasteiger partial charge in [0, 0.05) is 5.69 Å². The van der Waals surface area contributed by atoms with E-state index in [1.54, 1.807) is 0 Å². The van der Waals surface area contributed by atoms with Crippen LogP contribution in [0.3, 0.4) is 0 Å². The molecule has 0 fully saturated rings. The summed E-state index contributed by atoms with van der Waals surface area (Å²) in [7, 11) is 0. The second kappa shape index (κ2) is 5.16. The fourth-order valence-electron chi connectivity index (χ4n) is 1.89. The van der Waals surface area contributed by atoms with E-state index in [9.17, 15) is 5.26 Å². The van der Waals surface area contributed by atoms with Crippen LogP contribution in [0.25, 0.3) is 21.9 Å². The molecule has 3 aromatic rings. The van der Waals surface area contributed by atoms with Crippen molar-refractivity contribution in [1.29, 1.82) is 5.26 Å². The van der Waals surface area contributed by atoms with E-state index in [-0.39, 0.29) is 0 Å². The first-order chi connectivity index (χ1) is 9.76. The monoisotopic (exact) mass is 277 g/mol. The number of hydrogen-bond acceptors (Lipinski definition) is 4. The second-order valence-corrected chi connectivity index (χ2v) is 5.35. The minimum absolute atomic E-state index is 0.566. The molecule has 0 saturated heterocycles. The van der Waals surface area contributed by atoms with E-state index in [0.29, 0.717) is 11.3 Å². The molecule has 0 bridgehead atoms. The lowest BCUT2D eigenvalue weighted by atomic mass is 10.1. The molecule has 0 atom stereocenters. The Labute approximate surface area is 120 Å². The van der Waals surface area contributed by atoms with E-state index < -0.39 is 0 Å². The van der Waals surface area contributed by atoms with Gasteiger partial charge in [-0.15, -0.1) is 11.3 Å². The van der Waals surface area contributed by atoms with E-state index >= 15 is 0 Å². The second-order valence-electron chi connectivity index (χ2n) is 4.32. The zero-order chi connectivity index (χ0) is 13.9. The maximum absolute atomic E-state index is 9.34. The van der Waals surface area contributed by atoms with Crippen molar-refractivity contribution in [3.8, 4) is 6.07 Å². The molecule has 0 aliphatic carbocycles. The number of nitrogens with two attached hydrogens (primary N) is 1. The Kier molecular flexibility index (Phi) is 3.20. The van der Waals surface area contributed by atoms with Gasteiger partial charge in [0.15, 0.2) is 0 Å². The highest BCUT2D eigenvalue weighted by molar-refractivity contribution is 7.19. The summed E-state index contributed by atoms with van der Waals surface area (Å²) in [6, 6.07) is 17.5. The molecule has 0 unspecified atom stereocenters. The Balaban J connectivity index is 2.05. The predicted octanol–water partition coefficient (Wildman–Crippen LogP) is 3.94. The Morgan fingerprint density at radius 1 is 1.15 bits per heavy atom. The van der Waals surface area contributed by atoms with Gasteiger partial charge in [-0.1, -0.05) is 24.3 Å². The van der Waals surface area contributed by atoms with Crippen LogP contribution in [0.5, 0.6) is 0 Å². The van der Waals surface area contributed by atoms with Crippen molar-refractivity contribution in [3.05, 3.63) is 59.1 Å². The summed E-state index contributed by atoms with van der Waals surface area (Å²) in [5, 5.41) is 10.1. The molecule has 4 heteroatoms. The van der Waals surface area contributed by atoms with Gasteiger partial charge in [-0.05, 0) is 35.9 Å². The molecule has 96 valence electrons. The summed E-state index contributed by atoms with van der Waals surface area (Å²) in [5.74, 6) is 0. The lowest BCUT2D eigenvalue weighted by Crippen LogP contribution is -1.84. The van der Waals surface area contributed by atoms with Crippen molar-refractivity contribution in [1.82, 2.24) is 4.98 Å². The Bertz CT molecular complexity index is 790. The van der Waals surface area contributed by atoms with Gasteiger partial charge in [0.1, 0.15) is 11.1 Å². The number of rotatable bonds is 2. The van der Waals surface area contributed by atoms with Crippen LogP contribution < -0.4 is 5.73 Å². The van der Waals surface area contributed by atoms with Gasteiger partial charge < -0.3 is 5.73 Å². The van der Waals surface area contributed by atoms with Crippen LogP contribution in [0.15, 0.2) is 48.5 Å². The Hall–Kier alpha value is -2.64. The number of fused-ring (bicyclic) bond motifs is 1. The maximum Gasteiger partial charge on any atom is 0.135 e. The summed E-state index contributed by atoms with van der Waals surface area (Å²) in [6.45, 7) is 0. The van der Waals surface area contributed by atoms with Gasteiger partial charge in [0.25, 0.3) is 0 Å². The van der Waals surface area contributed by atoms with Gasteiger partial charge in [0.05, 0.1) is 15.8 Å². The minimum atomic E-state index is 0.566. The summed E-state index contributed by atoms with van der Waals surface area (Å²) in [6.07, 6.45) is 1.83. The molecule has 2 N–H and O–H groups in total. The van der Waals surface area contributed by atoms with E-state index in [2.05, 4.69) is 11.1 Å². The summed E-state index contributed by atoms with van der Waals surface area (Å²) in [4.78, 5) is 4.50. The molecular weight excluding hydrogens is 266 g/mol. The summed E-state index contributed by atoms with van der Waals surface area (Å²) in [5.41, 5.74) is 8.79. The van der Waals surface area contributed by atoms with Crippen molar-refractivity contribution < 1.29 is 0 Å². The molecule has 0 amide bonds. The first kappa shape index (κ1) is 12.4. The number of allylic oxidation sites excluding steroid dienone is 1.